The molecule has 1 aliphatic rings. The highest BCUT2D eigenvalue weighted by Gasteiger charge is 2.15. The summed E-state index contributed by atoms with van der Waals surface area (Å²) in [6.07, 6.45) is 3.66. The number of ether oxygens (including phenoxy) is 2. The van der Waals surface area contributed by atoms with E-state index in [4.69, 9.17) is 9.47 Å². The van der Waals surface area contributed by atoms with Gasteiger partial charge in [-0.1, -0.05) is 24.3 Å². The van der Waals surface area contributed by atoms with Crippen LogP contribution in [-0.4, -0.2) is 32.7 Å². The van der Waals surface area contributed by atoms with Crippen molar-refractivity contribution in [2.75, 3.05) is 37.0 Å². The van der Waals surface area contributed by atoms with Gasteiger partial charge in [0, 0.05) is 13.1 Å². The summed E-state index contributed by atoms with van der Waals surface area (Å²) in [5, 5.41) is 2.97. The molecule has 0 spiro atoms. The van der Waals surface area contributed by atoms with Gasteiger partial charge in [0.25, 0.3) is 5.91 Å². The molecule has 0 aliphatic carbocycles. The second kappa shape index (κ2) is 8.42. The number of hydrogen-bond donors (Lipinski definition) is 1. The standard InChI is InChI=1S/C20H24N2O3/c1-24-18-11-5-6-12-19(18)25-15-20(23)21-16-9-3-4-10-17(16)22-13-7-2-8-14-22/h3-6,9-12H,2,7-8,13-15H2,1H3,(H,21,23). The van der Waals surface area contributed by atoms with Crippen LogP contribution in [0.2, 0.25) is 0 Å². The average molecular weight is 340 g/mol. The molecule has 1 aliphatic heterocycles. The Morgan fingerprint density at radius 2 is 1.68 bits per heavy atom. The number of para-hydroxylation sites is 4. The Labute approximate surface area is 148 Å². The first kappa shape index (κ1) is 17.1. The summed E-state index contributed by atoms with van der Waals surface area (Å²) in [7, 11) is 1.58. The Hall–Kier alpha value is -2.69. The SMILES string of the molecule is COc1ccccc1OCC(=O)Nc1ccccc1N1CCCCC1. The highest BCUT2D eigenvalue weighted by atomic mass is 16.5. The van der Waals surface area contributed by atoms with Crippen molar-refractivity contribution in [1.29, 1.82) is 0 Å². The second-order valence-electron chi connectivity index (χ2n) is 6.05. The van der Waals surface area contributed by atoms with Crippen LogP contribution in [0, 0.1) is 0 Å². The van der Waals surface area contributed by atoms with Crippen molar-refractivity contribution >= 4 is 17.3 Å². The van der Waals surface area contributed by atoms with Crippen LogP contribution in [0.5, 0.6) is 11.5 Å². The van der Waals surface area contributed by atoms with Crippen molar-refractivity contribution in [2.24, 2.45) is 0 Å². The van der Waals surface area contributed by atoms with Gasteiger partial charge in [-0.05, 0) is 43.5 Å². The van der Waals surface area contributed by atoms with Crippen LogP contribution in [-0.2, 0) is 4.79 Å². The number of carbonyl (C=O) groups excluding carboxylic acids is 1. The quantitative estimate of drug-likeness (QED) is 0.871. The molecule has 0 radical (unpaired) electrons. The summed E-state index contributed by atoms with van der Waals surface area (Å²) >= 11 is 0. The monoisotopic (exact) mass is 340 g/mol. The third-order valence-electron chi connectivity index (χ3n) is 4.30. The Morgan fingerprint density at radius 1 is 1.00 bits per heavy atom. The number of rotatable bonds is 6. The van der Waals surface area contributed by atoms with E-state index in [0.717, 1.165) is 24.5 Å². The minimum atomic E-state index is -0.185. The molecular weight excluding hydrogens is 316 g/mol. The van der Waals surface area contributed by atoms with Crippen LogP contribution in [0.25, 0.3) is 0 Å². The summed E-state index contributed by atoms with van der Waals surface area (Å²) in [4.78, 5) is 14.7. The smallest absolute Gasteiger partial charge is 0.262 e. The van der Waals surface area contributed by atoms with E-state index in [1.807, 2.05) is 30.3 Å². The molecule has 25 heavy (non-hydrogen) atoms. The van der Waals surface area contributed by atoms with E-state index < -0.39 is 0 Å². The average Bonchev–Trinajstić information content (AvgIpc) is 2.67. The maximum absolute atomic E-state index is 12.3. The molecule has 5 nitrogen and oxygen atoms in total. The molecule has 2 aromatic rings. The number of anilines is 2. The molecule has 3 rings (SSSR count). The summed E-state index contributed by atoms with van der Waals surface area (Å²) in [6, 6.07) is 15.2. The molecule has 0 atom stereocenters. The maximum atomic E-state index is 12.3. The third kappa shape index (κ3) is 4.44. The number of nitrogens with zero attached hydrogens (tertiary/aromatic N) is 1. The van der Waals surface area contributed by atoms with Gasteiger partial charge in [-0.15, -0.1) is 0 Å². The lowest BCUT2D eigenvalue weighted by atomic mass is 10.1. The van der Waals surface area contributed by atoms with Crippen molar-refractivity contribution in [1.82, 2.24) is 0 Å². The number of nitrogens with one attached hydrogen (secondary N) is 1. The van der Waals surface area contributed by atoms with Crippen molar-refractivity contribution in [2.45, 2.75) is 19.3 Å². The highest BCUT2D eigenvalue weighted by molar-refractivity contribution is 5.95. The van der Waals surface area contributed by atoms with E-state index in [2.05, 4.69) is 16.3 Å². The molecule has 132 valence electrons. The fourth-order valence-corrected chi connectivity index (χ4v) is 3.06. The number of amides is 1. The zero-order valence-corrected chi connectivity index (χ0v) is 14.5. The molecule has 0 bridgehead atoms. The Balaban J connectivity index is 1.63. The molecule has 0 saturated carbocycles. The molecule has 1 saturated heterocycles. The normalized spacial score (nSPS) is 14.0. The zero-order chi connectivity index (χ0) is 17.5. The van der Waals surface area contributed by atoms with E-state index in [0.29, 0.717) is 11.5 Å². The molecule has 2 aromatic carbocycles. The van der Waals surface area contributed by atoms with Crippen LogP contribution in [0.1, 0.15) is 19.3 Å². The predicted molar refractivity (Wildman–Crippen MR) is 99.6 cm³/mol. The molecule has 1 amide bonds. The lowest BCUT2D eigenvalue weighted by molar-refractivity contribution is -0.118. The predicted octanol–water partition coefficient (Wildman–Crippen LogP) is 3.70. The van der Waals surface area contributed by atoms with Gasteiger partial charge in [0.1, 0.15) is 0 Å². The van der Waals surface area contributed by atoms with Crippen molar-refractivity contribution < 1.29 is 14.3 Å². The molecule has 1 fully saturated rings. The molecule has 0 aromatic heterocycles. The first-order valence-corrected chi connectivity index (χ1v) is 8.67. The summed E-state index contributed by atoms with van der Waals surface area (Å²) in [5.74, 6) is 0.990. The van der Waals surface area contributed by atoms with Gasteiger partial charge in [-0.25, -0.2) is 0 Å². The number of carbonyl (C=O) groups is 1. The zero-order valence-electron chi connectivity index (χ0n) is 14.5. The van der Waals surface area contributed by atoms with Gasteiger partial charge in [0.2, 0.25) is 0 Å². The van der Waals surface area contributed by atoms with Gasteiger partial charge in [0.15, 0.2) is 18.1 Å². The third-order valence-corrected chi connectivity index (χ3v) is 4.30. The Morgan fingerprint density at radius 3 is 2.44 bits per heavy atom. The second-order valence-corrected chi connectivity index (χ2v) is 6.05. The van der Waals surface area contributed by atoms with Crippen molar-refractivity contribution in [3.8, 4) is 11.5 Å². The summed E-state index contributed by atoms with van der Waals surface area (Å²) < 4.78 is 10.8. The number of methoxy groups -OCH3 is 1. The summed E-state index contributed by atoms with van der Waals surface area (Å²) in [6.45, 7) is 2.00. The largest absolute Gasteiger partial charge is 0.493 e. The first-order valence-electron chi connectivity index (χ1n) is 8.67. The van der Waals surface area contributed by atoms with Gasteiger partial charge < -0.3 is 19.7 Å². The lowest BCUT2D eigenvalue weighted by Crippen LogP contribution is -2.30. The van der Waals surface area contributed by atoms with E-state index >= 15 is 0 Å². The van der Waals surface area contributed by atoms with Crippen LogP contribution in [0.15, 0.2) is 48.5 Å². The van der Waals surface area contributed by atoms with Crippen molar-refractivity contribution in [3.63, 3.8) is 0 Å². The van der Waals surface area contributed by atoms with E-state index in [1.165, 1.54) is 19.3 Å². The Kier molecular flexibility index (Phi) is 5.77. The van der Waals surface area contributed by atoms with Crippen LogP contribution in [0.3, 0.4) is 0 Å². The van der Waals surface area contributed by atoms with E-state index in [9.17, 15) is 4.79 Å². The number of piperidine rings is 1. The van der Waals surface area contributed by atoms with Gasteiger partial charge in [0.05, 0.1) is 18.5 Å². The topological polar surface area (TPSA) is 50.8 Å². The first-order chi connectivity index (χ1) is 12.3. The lowest BCUT2D eigenvalue weighted by Gasteiger charge is -2.30. The minimum absolute atomic E-state index is 0.0608. The highest BCUT2D eigenvalue weighted by Crippen LogP contribution is 2.29. The number of benzene rings is 2. The maximum Gasteiger partial charge on any atom is 0.262 e. The van der Waals surface area contributed by atoms with Crippen LogP contribution >= 0.6 is 0 Å². The van der Waals surface area contributed by atoms with Crippen LogP contribution < -0.4 is 19.7 Å². The van der Waals surface area contributed by atoms with Gasteiger partial charge in [-0.3, -0.25) is 4.79 Å². The molecule has 1 N–H and O–H groups in total. The summed E-state index contributed by atoms with van der Waals surface area (Å²) in [5.41, 5.74) is 1.91. The molecule has 1 heterocycles. The van der Waals surface area contributed by atoms with Gasteiger partial charge in [-0.2, -0.15) is 0 Å². The van der Waals surface area contributed by atoms with E-state index in [1.54, 1.807) is 19.2 Å². The van der Waals surface area contributed by atoms with Crippen LogP contribution in [0.4, 0.5) is 11.4 Å². The van der Waals surface area contributed by atoms with Crippen molar-refractivity contribution in [3.05, 3.63) is 48.5 Å². The molecule has 0 unspecified atom stereocenters. The minimum Gasteiger partial charge on any atom is -0.493 e. The molecule has 5 heteroatoms. The van der Waals surface area contributed by atoms with E-state index in [-0.39, 0.29) is 12.5 Å². The van der Waals surface area contributed by atoms with Gasteiger partial charge >= 0.3 is 0 Å². The Bertz CT molecular complexity index is 712. The fraction of sp³-hybridized carbons (Fsp3) is 0.350. The fourth-order valence-electron chi connectivity index (χ4n) is 3.06. The number of hydrogen-bond acceptors (Lipinski definition) is 4. The molecular formula is C20H24N2O3.